The van der Waals surface area contributed by atoms with Crippen LogP contribution in [0.1, 0.15) is 26.3 Å². The summed E-state index contributed by atoms with van der Waals surface area (Å²) in [6.07, 6.45) is 2.66. The van der Waals surface area contributed by atoms with Crippen molar-refractivity contribution in [3.05, 3.63) is 77.6 Å². The monoisotopic (exact) mass is 412 g/mol. The van der Waals surface area contributed by atoms with Gasteiger partial charge in [0.05, 0.1) is 6.54 Å². The molecule has 2 amide bonds. The van der Waals surface area contributed by atoms with Crippen LogP contribution in [-0.4, -0.2) is 36.9 Å². The fourth-order valence-corrected chi connectivity index (χ4v) is 3.83. The van der Waals surface area contributed by atoms with Gasteiger partial charge >= 0.3 is 0 Å². The Labute approximate surface area is 176 Å². The van der Waals surface area contributed by atoms with Crippen LogP contribution in [0.2, 0.25) is 0 Å². The highest BCUT2D eigenvalue weighted by atomic mass is 16.3. The highest BCUT2D eigenvalue weighted by Gasteiger charge is 2.42. The van der Waals surface area contributed by atoms with Crippen LogP contribution in [-0.2, 0) is 6.54 Å². The number of phenolic OH excluding ortho intramolecular Hbond substituents is 2. The third kappa shape index (κ3) is 2.84. The molecule has 0 saturated heterocycles. The van der Waals surface area contributed by atoms with E-state index in [2.05, 4.69) is 9.97 Å². The summed E-state index contributed by atoms with van der Waals surface area (Å²) in [4.78, 5) is 34.9. The lowest BCUT2D eigenvalue weighted by Crippen LogP contribution is -2.29. The van der Waals surface area contributed by atoms with Crippen LogP contribution in [0, 0.1) is 0 Å². The number of aromatic hydroxyl groups is 2. The molecular weight excluding hydrogens is 396 g/mol. The number of fused-ring (bicyclic) bond motifs is 2. The standard InChI is InChI=1S/C23H16N4O4/c24-15-6-2-5-14(10-15)13-4-1-3-12(9-13)11-27-22(30)16-17(23(27)31)21(29)19-18(20(16)28)25-7-8-26-19/h1-10,28-29H,11,24H2. The van der Waals surface area contributed by atoms with Gasteiger partial charge < -0.3 is 15.9 Å². The van der Waals surface area contributed by atoms with Gasteiger partial charge in [-0.2, -0.15) is 0 Å². The lowest BCUT2D eigenvalue weighted by atomic mass is 10.0. The van der Waals surface area contributed by atoms with E-state index in [4.69, 9.17) is 5.73 Å². The minimum Gasteiger partial charge on any atom is -0.505 e. The van der Waals surface area contributed by atoms with Crippen molar-refractivity contribution in [2.45, 2.75) is 6.54 Å². The molecule has 2 heterocycles. The third-order valence-corrected chi connectivity index (χ3v) is 5.28. The maximum atomic E-state index is 13.0. The number of aromatic nitrogens is 2. The van der Waals surface area contributed by atoms with Gasteiger partial charge in [-0.3, -0.25) is 14.5 Å². The number of hydrogen-bond acceptors (Lipinski definition) is 7. The number of rotatable bonds is 3. The van der Waals surface area contributed by atoms with Gasteiger partial charge in [-0.1, -0.05) is 30.3 Å². The minimum absolute atomic E-state index is 0.0292. The summed E-state index contributed by atoms with van der Waals surface area (Å²) in [5.74, 6) is -2.33. The number of amides is 2. The maximum Gasteiger partial charge on any atom is 0.265 e. The Hall–Kier alpha value is -4.46. The molecule has 1 aromatic heterocycles. The van der Waals surface area contributed by atoms with Crippen LogP contribution >= 0.6 is 0 Å². The predicted octanol–water partition coefficient (Wildman–Crippen LogP) is 3.09. The number of carbonyl (C=O) groups is 2. The number of nitrogens with two attached hydrogens (primary N) is 1. The summed E-state index contributed by atoms with van der Waals surface area (Å²) in [5, 5.41) is 21.1. The van der Waals surface area contributed by atoms with Gasteiger partial charge in [0.1, 0.15) is 22.2 Å². The van der Waals surface area contributed by atoms with E-state index in [-0.39, 0.29) is 28.7 Å². The number of nitrogens with zero attached hydrogens (tertiary/aromatic N) is 3. The molecule has 0 fully saturated rings. The molecule has 5 rings (SSSR count). The first kappa shape index (κ1) is 18.6. The van der Waals surface area contributed by atoms with Crippen LogP contribution in [0.3, 0.4) is 0 Å². The Morgan fingerprint density at radius 3 is 1.94 bits per heavy atom. The van der Waals surface area contributed by atoms with E-state index in [1.54, 1.807) is 12.1 Å². The second kappa shape index (κ2) is 6.81. The molecule has 0 atom stereocenters. The van der Waals surface area contributed by atoms with Crippen molar-refractivity contribution in [3.63, 3.8) is 0 Å². The number of hydrogen-bond donors (Lipinski definition) is 3. The topological polar surface area (TPSA) is 130 Å². The lowest BCUT2D eigenvalue weighted by Gasteiger charge is -2.15. The summed E-state index contributed by atoms with van der Waals surface area (Å²) >= 11 is 0. The number of carbonyl (C=O) groups excluding carboxylic acids is 2. The van der Waals surface area contributed by atoms with E-state index in [0.717, 1.165) is 16.0 Å². The quantitative estimate of drug-likeness (QED) is 0.268. The molecule has 4 N–H and O–H groups in total. The van der Waals surface area contributed by atoms with Crippen molar-refractivity contribution in [3.8, 4) is 22.6 Å². The third-order valence-electron chi connectivity index (χ3n) is 5.28. The molecular formula is C23H16N4O4. The van der Waals surface area contributed by atoms with Crippen molar-refractivity contribution in [1.29, 1.82) is 0 Å². The molecule has 0 spiro atoms. The maximum absolute atomic E-state index is 13.0. The van der Waals surface area contributed by atoms with Gasteiger partial charge in [0, 0.05) is 18.1 Å². The van der Waals surface area contributed by atoms with Crippen molar-refractivity contribution in [2.75, 3.05) is 5.73 Å². The van der Waals surface area contributed by atoms with E-state index >= 15 is 0 Å². The number of benzene rings is 3. The average molecular weight is 412 g/mol. The average Bonchev–Trinajstić information content (AvgIpc) is 3.03. The molecule has 8 nitrogen and oxygen atoms in total. The number of phenols is 2. The summed E-state index contributed by atoms with van der Waals surface area (Å²) < 4.78 is 0. The molecule has 0 saturated carbocycles. The van der Waals surface area contributed by atoms with E-state index in [0.29, 0.717) is 11.3 Å². The van der Waals surface area contributed by atoms with Gasteiger partial charge in [0.2, 0.25) is 0 Å². The Morgan fingerprint density at radius 2 is 1.35 bits per heavy atom. The first-order valence-electron chi connectivity index (χ1n) is 9.45. The number of nitrogen functional groups attached to an aromatic ring is 1. The molecule has 3 aromatic carbocycles. The molecule has 1 aliphatic rings. The molecule has 0 bridgehead atoms. The fraction of sp³-hybridized carbons (Fsp3) is 0.0435. The van der Waals surface area contributed by atoms with Crippen molar-refractivity contribution in [2.24, 2.45) is 0 Å². The molecule has 0 radical (unpaired) electrons. The largest absolute Gasteiger partial charge is 0.505 e. The minimum atomic E-state index is -0.699. The highest BCUT2D eigenvalue weighted by Crippen LogP contribution is 2.42. The van der Waals surface area contributed by atoms with Gasteiger partial charge in [0.15, 0.2) is 11.5 Å². The van der Waals surface area contributed by atoms with Crippen molar-refractivity contribution >= 4 is 28.5 Å². The van der Waals surface area contributed by atoms with Gasteiger partial charge in [-0.25, -0.2) is 9.97 Å². The van der Waals surface area contributed by atoms with Gasteiger partial charge in [0.25, 0.3) is 11.8 Å². The molecule has 4 aromatic rings. The number of imide groups is 1. The smallest absolute Gasteiger partial charge is 0.265 e. The number of anilines is 1. The van der Waals surface area contributed by atoms with E-state index in [1.807, 2.05) is 36.4 Å². The van der Waals surface area contributed by atoms with E-state index < -0.39 is 23.3 Å². The van der Waals surface area contributed by atoms with Gasteiger partial charge in [-0.05, 0) is 34.9 Å². The normalized spacial score (nSPS) is 13.1. The Bertz CT molecular complexity index is 1340. The molecule has 31 heavy (non-hydrogen) atoms. The molecule has 8 heteroatoms. The fourth-order valence-electron chi connectivity index (χ4n) is 3.83. The highest BCUT2D eigenvalue weighted by molar-refractivity contribution is 6.26. The van der Waals surface area contributed by atoms with Gasteiger partial charge in [-0.15, -0.1) is 0 Å². The molecule has 152 valence electrons. The van der Waals surface area contributed by atoms with Crippen molar-refractivity contribution in [1.82, 2.24) is 14.9 Å². The van der Waals surface area contributed by atoms with E-state index in [9.17, 15) is 19.8 Å². The zero-order valence-corrected chi connectivity index (χ0v) is 16.1. The van der Waals surface area contributed by atoms with Crippen LogP contribution in [0.5, 0.6) is 11.5 Å². The van der Waals surface area contributed by atoms with Crippen molar-refractivity contribution < 1.29 is 19.8 Å². The first-order valence-corrected chi connectivity index (χ1v) is 9.45. The van der Waals surface area contributed by atoms with Crippen LogP contribution < -0.4 is 5.73 Å². The van der Waals surface area contributed by atoms with Crippen LogP contribution in [0.25, 0.3) is 22.2 Å². The zero-order valence-electron chi connectivity index (χ0n) is 16.1. The molecule has 0 unspecified atom stereocenters. The predicted molar refractivity (Wildman–Crippen MR) is 113 cm³/mol. The summed E-state index contributed by atoms with van der Waals surface area (Å²) in [7, 11) is 0. The van der Waals surface area contributed by atoms with Crippen LogP contribution in [0.15, 0.2) is 60.9 Å². The Kier molecular flexibility index (Phi) is 4.07. The molecule has 1 aliphatic heterocycles. The SMILES string of the molecule is Nc1cccc(-c2cccc(CN3C(=O)c4c(c(O)c5nccnc5c4O)C3=O)c2)c1. The lowest BCUT2D eigenvalue weighted by molar-refractivity contribution is 0.0641. The summed E-state index contributed by atoms with van der Waals surface area (Å²) in [6, 6.07) is 14.8. The van der Waals surface area contributed by atoms with E-state index in [1.165, 1.54) is 12.4 Å². The Morgan fingerprint density at radius 1 is 0.806 bits per heavy atom. The molecule has 0 aliphatic carbocycles. The zero-order chi connectivity index (χ0) is 21.7. The van der Waals surface area contributed by atoms with Crippen LogP contribution in [0.4, 0.5) is 5.69 Å². The Balaban J connectivity index is 1.54. The summed E-state index contributed by atoms with van der Waals surface area (Å²) in [5.41, 5.74) is 8.39. The second-order valence-electron chi connectivity index (χ2n) is 7.22. The first-order chi connectivity index (χ1) is 15.0. The summed E-state index contributed by atoms with van der Waals surface area (Å²) in [6.45, 7) is -0.0292. The second-order valence-corrected chi connectivity index (χ2v) is 7.22.